The van der Waals surface area contributed by atoms with Crippen LogP contribution in [-0.4, -0.2) is 24.7 Å². The summed E-state index contributed by atoms with van der Waals surface area (Å²) in [4.78, 5) is 14.7. The first-order valence-electron chi connectivity index (χ1n) is 3.25. The van der Waals surface area contributed by atoms with Crippen molar-refractivity contribution in [1.29, 1.82) is 0 Å². The molecule has 1 heterocycles. The smallest absolute Gasteiger partial charge is 0.293 e. The van der Waals surface area contributed by atoms with E-state index in [1.165, 1.54) is 0 Å². The number of hydrogen-bond acceptors (Lipinski definition) is 4. The van der Waals surface area contributed by atoms with Crippen LogP contribution >= 0.6 is 0 Å². The van der Waals surface area contributed by atoms with Gasteiger partial charge in [0.2, 0.25) is 0 Å². The fourth-order valence-corrected chi connectivity index (χ4v) is 0.658. The van der Waals surface area contributed by atoms with Gasteiger partial charge in [-0.1, -0.05) is 0 Å². The van der Waals surface area contributed by atoms with E-state index in [9.17, 15) is 4.79 Å². The van der Waals surface area contributed by atoms with Gasteiger partial charge in [-0.05, 0) is 12.2 Å². The zero-order chi connectivity index (χ0) is 7.94. The minimum Gasteiger partial charge on any atom is -0.466 e. The van der Waals surface area contributed by atoms with Crippen LogP contribution in [0, 0.1) is 0 Å². The van der Waals surface area contributed by atoms with E-state index in [2.05, 4.69) is 4.74 Å². The number of nitrogens with zero attached hydrogens (tertiary/aromatic N) is 1. The van der Waals surface area contributed by atoms with Crippen molar-refractivity contribution in [2.75, 3.05) is 13.2 Å². The van der Waals surface area contributed by atoms with Crippen molar-refractivity contribution in [1.82, 2.24) is 5.06 Å². The Balaban J connectivity index is 2.12. The summed E-state index contributed by atoms with van der Waals surface area (Å²) in [6.07, 6.45) is 6.93. The lowest BCUT2D eigenvalue weighted by molar-refractivity contribution is -0.132. The fourth-order valence-electron chi connectivity index (χ4n) is 0.658. The summed E-state index contributed by atoms with van der Waals surface area (Å²) < 4.78 is 4.48. The van der Waals surface area contributed by atoms with Gasteiger partial charge in [-0.3, -0.25) is 4.79 Å². The second-order valence-corrected chi connectivity index (χ2v) is 1.88. The number of carbonyl (C=O) groups is 1. The SMILES string of the molecule is O=COCCN1C=CC=CO1. The van der Waals surface area contributed by atoms with Crippen molar-refractivity contribution in [2.24, 2.45) is 0 Å². The molecular formula is C7H9NO3. The van der Waals surface area contributed by atoms with Crippen molar-refractivity contribution in [3.8, 4) is 0 Å². The Hall–Kier alpha value is -1.45. The van der Waals surface area contributed by atoms with E-state index < -0.39 is 0 Å². The van der Waals surface area contributed by atoms with Crippen LogP contribution in [0.3, 0.4) is 0 Å². The highest BCUT2D eigenvalue weighted by Crippen LogP contribution is 1.98. The Bertz CT molecular complexity index is 177. The largest absolute Gasteiger partial charge is 0.466 e. The average Bonchev–Trinajstić information content (AvgIpc) is 2.07. The molecule has 11 heavy (non-hydrogen) atoms. The molecule has 4 heteroatoms. The lowest BCUT2D eigenvalue weighted by Crippen LogP contribution is -2.21. The Morgan fingerprint density at radius 3 is 3.09 bits per heavy atom. The van der Waals surface area contributed by atoms with Gasteiger partial charge in [0.15, 0.2) is 0 Å². The van der Waals surface area contributed by atoms with Gasteiger partial charge < -0.3 is 9.57 Å². The molecule has 0 radical (unpaired) electrons. The van der Waals surface area contributed by atoms with Crippen LogP contribution in [0.4, 0.5) is 0 Å². The Morgan fingerprint density at radius 2 is 2.45 bits per heavy atom. The van der Waals surface area contributed by atoms with Crippen molar-refractivity contribution in [2.45, 2.75) is 0 Å². The quantitative estimate of drug-likeness (QED) is 0.436. The molecule has 0 fully saturated rings. The number of rotatable bonds is 4. The van der Waals surface area contributed by atoms with Crippen molar-refractivity contribution >= 4 is 6.47 Å². The van der Waals surface area contributed by atoms with Crippen LogP contribution in [0.15, 0.2) is 24.6 Å². The molecule has 0 unspecified atom stereocenters. The number of hydrogen-bond donors (Lipinski definition) is 0. The van der Waals surface area contributed by atoms with Gasteiger partial charge in [-0.2, -0.15) is 0 Å². The van der Waals surface area contributed by atoms with E-state index in [4.69, 9.17) is 4.84 Å². The molecule has 1 rings (SSSR count). The normalized spacial score (nSPS) is 14.4. The molecule has 60 valence electrons. The molecule has 0 atom stereocenters. The molecule has 0 aromatic rings. The van der Waals surface area contributed by atoms with Crippen LogP contribution in [0.1, 0.15) is 0 Å². The van der Waals surface area contributed by atoms with Gasteiger partial charge in [0.05, 0.1) is 6.54 Å². The predicted molar refractivity (Wildman–Crippen MR) is 38.1 cm³/mol. The molecule has 0 aromatic heterocycles. The first kappa shape index (κ1) is 7.65. The summed E-state index contributed by atoms with van der Waals surface area (Å²) >= 11 is 0. The van der Waals surface area contributed by atoms with E-state index in [0.29, 0.717) is 19.6 Å². The van der Waals surface area contributed by atoms with Crippen molar-refractivity contribution in [3.05, 3.63) is 24.6 Å². The van der Waals surface area contributed by atoms with Crippen LogP contribution in [0.2, 0.25) is 0 Å². The molecule has 0 spiro atoms. The molecule has 0 N–H and O–H groups in total. The van der Waals surface area contributed by atoms with Crippen molar-refractivity contribution in [3.63, 3.8) is 0 Å². The van der Waals surface area contributed by atoms with Crippen LogP contribution < -0.4 is 0 Å². The second kappa shape index (κ2) is 4.38. The maximum atomic E-state index is 9.73. The Labute approximate surface area is 64.6 Å². The van der Waals surface area contributed by atoms with Gasteiger partial charge in [0.1, 0.15) is 12.9 Å². The van der Waals surface area contributed by atoms with Gasteiger partial charge >= 0.3 is 0 Å². The zero-order valence-corrected chi connectivity index (χ0v) is 5.97. The summed E-state index contributed by atoms with van der Waals surface area (Å²) in [5.74, 6) is 0. The second-order valence-electron chi connectivity index (χ2n) is 1.88. The molecule has 0 aromatic carbocycles. The molecule has 4 nitrogen and oxygen atoms in total. The van der Waals surface area contributed by atoms with Gasteiger partial charge in [-0.25, -0.2) is 5.06 Å². The minimum absolute atomic E-state index is 0.335. The third-order valence-corrected chi connectivity index (χ3v) is 1.14. The number of carbonyl (C=O) groups excluding carboxylic acids is 1. The first-order valence-corrected chi connectivity index (χ1v) is 3.25. The maximum Gasteiger partial charge on any atom is 0.293 e. The highest BCUT2D eigenvalue weighted by Gasteiger charge is 1.98. The molecule has 0 bridgehead atoms. The molecular weight excluding hydrogens is 146 g/mol. The minimum atomic E-state index is 0.335. The van der Waals surface area contributed by atoms with E-state index in [0.717, 1.165) is 0 Å². The fraction of sp³-hybridized carbons (Fsp3) is 0.286. The molecule has 1 aliphatic rings. The summed E-state index contributed by atoms with van der Waals surface area (Å²) in [6, 6.07) is 0. The van der Waals surface area contributed by atoms with E-state index >= 15 is 0 Å². The van der Waals surface area contributed by atoms with Gasteiger partial charge in [-0.15, -0.1) is 0 Å². The van der Waals surface area contributed by atoms with E-state index in [1.807, 2.05) is 6.08 Å². The third-order valence-electron chi connectivity index (χ3n) is 1.14. The standard InChI is InChI=1S/C7H9NO3/c9-7-10-6-4-8-3-1-2-5-11-8/h1-3,5,7H,4,6H2. The summed E-state index contributed by atoms with van der Waals surface area (Å²) in [5, 5.41) is 1.57. The highest BCUT2D eigenvalue weighted by atomic mass is 16.7. The van der Waals surface area contributed by atoms with Crippen LogP contribution in [0.25, 0.3) is 0 Å². The van der Waals surface area contributed by atoms with Crippen LogP contribution in [0.5, 0.6) is 0 Å². The lowest BCUT2D eigenvalue weighted by atomic mass is 10.5. The van der Waals surface area contributed by atoms with Crippen molar-refractivity contribution < 1.29 is 14.4 Å². The molecule has 1 aliphatic heterocycles. The van der Waals surface area contributed by atoms with E-state index in [1.54, 1.807) is 23.6 Å². The average molecular weight is 155 g/mol. The van der Waals surface area contributed by atoms with E-state index in [-0.39, 0.29) is 0 Å². The topological polar surface area (TPSA) is 38.8 Å². The molecule has 0 aliphatic carbocycles. The number of allylic oxidation sites excluding steroid dienone is 2. The highest BCUT2D eigenvalue weighted by molar-refractivity contribution is 5.36. The van der Waals surface area contributed by atoms with Crippen LogP contribution in [-0.2, 0) is 14.4 Å². The third kappa shape index (κ3) is 2.75. The van der Waals surface area contributed by atoms with Gasteiger partial charge in [0.25, 0.3) is 6.47 Å². The Kier molecular flexibility index (Phi) is 3.05. The monoisotopic (exact) mass is 155 g/mol. The summed E-state index contributed by atoms with van der Waals surface area (Å²) in [5.41, 5.74) is 0. The lowest BCUT2D eigenvalue weighted by Gasteiger charge is -2.18. The maximum absolute atomic E-state index is 9.73. The number of ether oxygens (including phenoxy) is 1. The molecule has 0 amide bonds. The number of hydroxylamine groups is 2. The molecule has 0 saturated carbocycles. The zero-order valence-electron chi connectivity index (χ0n) is 5.97. The summed E-state index contributed by atoms with van der Waals surface area (Å²) in [6.45, 7) is 1.30. The van der Waals surface area contributed by atoms with Gasteiger partial charge in [0, 0.05) is 6.20 Å². The summed E-state index contributed by atoms with van der Waals surface area (Å²) in [7, 11) is 0. The predicted octanol–water partition coefficient (Wildman–Crippen LogP) is 0.434. The first-order chi connectivity index (χ1) is 5.43. The Morgan fingerprint density at radius 1 is 1.55 bits per heavy atom. The molecule has 0 saturated heterocycles.